The third kappa shape index (κ3) is 1.21. The molecule has 0 aromatic carbocycles. The molecule has 0 aromatic rings. The average molecular weight is 138 g/mol. The van der Waals surface area contributed by atoms with Crippen molar-refractivity contribution in [1.29, 1.82) is 0 Å². The molecule has 0 radical (unpaired) electrons. The highest BCUT2D eigenvalue weighted by atomic mass is 14.8. The van der Waals surface area contributed by atoms with Crippen LogP contribution in [0.2, 0.25) is 0 Å². The molecule has 0 saturated carbocycles. The van der Waals surface area contributed by atoms with Crippen molar-refractivity contribution in [3.63, 3.8) is 0 Å². The summed E-state index contributed by atoms with van der Waals surface area (Å²) in [6.07, 6.45) is 4.68. The van der Waals surface area contributed by atoms with Crippen LogP contribution in [0.3, 0.4) is 0 Å². The second-order valence-corrected chi connectivity index (χ2v) is 3.19. The predicted octanol–water partition coefficient (Wildman–Crippen LogP) is 0.896. The van der Waals surface area contributed by atoms with E-state index in [1.807, 2.05) is 26.0 Å². The van der Waals surface area contributed by atoms with Crippen molar-refractivity contribution < 1.29 is 0 Å². The SMILES string of the molecule is CC1=CC=C(N)CC1(C)N. The molecule has 0 bridgehead atoms. The van der Waals surface area contributed by atoms with Gasteiger partial charge in [0.25, 0.3) is 0 Å². The van der Waals surface area contributed by atoms with Gasteiger partial charge in [-0.25, -0.2) is 0 Å². The van der Waals surface area contributed by atoms with Gasteiger partial charge in [-0.15, -0.1) is 0 Å². The van der Waals surface area contributed by atoms with Crippen molar-refractivity contribution in [2.45, 2.75) is 25.8 Å². The zero-order valence-corrected chi connectivity index (χ0v) is 6.52. The molecule has 1 atom stereocenters. The predicted molar refractivity (Wildman–Crippen MR) is 43.2 cm³/mol. The Balaban J connectivity index is 2.89. The highest BCUT2D eigenvalue weighted by molar-refractivity contribution is 5.30. The minimum Gasteiger partial charge on any atom is -0.402 e. The summed E-state index contributed by atoms with van der Waals surface area (Å²) in [5.41, 5.74) is 13.4. The summed E-state index contributed by atoms with van der Waals surface area (Å²) < 4.78 is 0. The Morgan fingerprint density at radius 3 is 2.50 bits per heavy atom. The van der Waals surface area contributed by atoms with Gasteiger partial charge in [-0.3, -0.25) is 0 Å². The van der Waals surface area contributed by atoms with Gasteiger partial charge in [0.05, 0.1) is 0 Å². The topological polar surface area (TPSA) is 52.0 Å². The lowest BCUT2D eigenvalue weighted by atomic mass is 9.85. The summed E-state index contributed by atoms with van der Waals surface area (Å²) in [5, 5.41) is 0. The van der Waals surface area contributed by atoms with E-state index in [-0.39, 0.29) is 5.54 Å². The van der Waals surface area contributed by atoms with Gasteiger partial charge in [0.2, 0.25) is 0 Å². The molecule has 0 saturated heterocycles. The van der Waals surface area contributed by atoms with Gasteiger partial charge >= 0.3 is 0 Å². The molecule has 1 unspecified atom stereocenters. The zero-order chi connectivity index (χ0) is 7.78. The third-order valence-electron chi connectivity index (χ3n) is 2.02. The first kappa shape index (κ1) is 7.35. The second-order valence-electron chi connectivity index (χ2n) is 3.19. The second kappa shape index (κ2) is 2.13. The molecule has 0 amide bonds. The summed E-state index contributed by atoms with van der Waals surface area (Å²) in [6.45, 7) is 4.03. The van der Waals surface area contributed by atoms with E-state index >= 15 is 0 Å². The first-order valence-electron chi connectivity index (χ1n) is 3.45. The highest BCUT2D eigenvalue weighted by Gasteiger charge is 2.23. The molecule has 0 aromatic heterocycles. The summed E-state index contributed by atoms with van der Waals surface area (Å²) in [4.78, 5) is 0. The van der Waals surface area contributed by atoms with Crippen molar-refractivity contribution in [3.8, 4) is 0 Å². The van der Waals surface area contributed by atoms with Crippen LogP contribution in [-0.4, -0.2) is 5.54 Å². The van der Waals surface area contributed by atoms with E-state index in [0.717, 1.165) is 12.1 Å². The van der Waals surface area contributed by atoms with Crippen LogP contribution in [-0.2, 0) is 0 Å². The van der Waals surface area contributed by atoms with Gasteiger partial charge in [0.1, 0.15) is 0 Å². The van der Waals surface area contributed by atoms with Crippen LogP contribution >= 0.6 is 0 Å². The van der Waals surface area contributed by atoms with Crippen molar-refractivity contribution in [1.82, 2.24) is 0 Å². The molecule has 0 aliphatic heterocycles. The molecule has 0 spiro atoms. The van der Waals surface area contributed by atoms with Crippen LogP contribution < -0.4 is 11.5 Å². The van der Waals surface area contributed by atoms with E-state index in [4.69, 9.17) is 11.5 Å². The summed E-state index contributed by atoms with van der Waals surface area (Å²) in [5.74, 6) is 0. The minimum absolute atomic E-state index is 0.223. The smallest absolute Gasteiger partial charge is 0.0395 e. The first-order chi connectivity index (χ1) is 4.52. The lowest BCUT2D eigenvalue weighted by Crippen LogP contribution is -2.40. The fourth-order valence-corrected chi connectivity index (χ4v) is 1.04. The molecule has 1 aliphatic carbocycles. The number of rotatable bonds is 0. The van der Waals surface area contributed by atoms with Gasteiger partial charge < -0.3 is 11.5 Å². The molecule has 0 fully saturated rings. The van der Waals surface area contributed by atoms with Gasteiger partial charge in [-0.1, -0.05) is 11.6 Å². The number of nitrogens with two attached hydrogens (primary N) is 2. The Morgan fingerprint density at radius 2 is 2.10 bits per heavy atom. The Labute approximate surface area is 61.6 Å². The molecule has 4 N–H and O–H groups in total. The molecule has 56 valence electrons. The van der Waals surface area contributed by atoms with Crippen LogP contribution in [0.5, 0.6) is 0 Å². The lowest BCUT2D eigenvalue weighted by molar-refractivity contribution is 0.534. The fraction of sp³-hybridized carbons (Fsp3) is 0.500. The van der Waals surface area contributed by atoms with E-state index in [1.165, 1.54) is 5.57 Å². The molecular formula is C8H14N2. The van der Waals surface area contributed by atoms with Gasteiger partial charge in [-0.05, 0) is 19.9 Å². The van der Waals surface area contributed by atoms with Gasteiger partial charge in [-0.2, -0.15) is 0 Å². The van der Waals surface area contributed by atoms with E-state index in [0.29, 0.717) is 0 Å². The van der Waals surface area contributed by atoms with Gasteiger partial charge in [0, 0.05) is 17.7 Å². The maximum Gasteiger partial charge on any atom is 0.0395 e. The van der Waals surface area contributed by atoms with Crippen molar-refractivity contribution >= 4 is 0 Å². The largest absolute Gasteiger partial charge is 0.402 e. The maximum atomic E-state index is 5.92. The van der Waals surface area contributed by atoms with E-state index in [9.17, 15) is 0 Å². The number of hydrogen-bond donors (Lipinski definition) is 2. The van der Waals surface area contributed by atoms with Crippen LogP contribution in [0.1, 0.15) is 20.3 Å². The lowest BCUT2D eigenvalue weighted by Gasteiger charge is -2.28. The maximum absolute atomic E-state index is 5.92. The molecule has 2 nitrogen and oxygen atoms in total. The molecule has 0 heterocycles. The summed E-state index contributed by atoms with van der Waals surface area (Å²) in [6, 6.07) is 0. The number of allylic oxidation sites excluding steroid dienone is 2. The zero-order valence-electron chi connectivity index (χ0n) is 6.52. The van der Waals surface area contributed by atoms with E-state index in [2.05, 4.69) is 0 Å². The Hall–Kier alpha value is -0.760. The Morgan fingerprint density at radius 1 is 1.50 bits per heavy atom. The number of hydrogen-bond acceptors (Lipinski definition) is 2. The molecule has 1 aliphatic rings. The third-order valence-corrected chi connectivity index (χ3v) is 2.02. The van der Waals surface area contributed by atoms with E-state index in [1.54, 1.807) is 0 Å². The first-order valence-corrected chi connectivity index (χ1v) is 3.45. The normalized spacial score (nSPS) is 33.1. The molecular weight excluding hydrogens is 124 g/mol. The molecule has 10 heavy (non-hydrogen) atoms. The Kier molecular flexibility index (Phi) is 1.57. The highest BCUT2D eigenvalue weighted by Crippen LogP contribution is 2.23. The van der Waals surface area contributed by atoms with Crippen molar-refractivity contribution in [2.24, 2.45) is 11.5 Å². The fourth-order valence-electron chi connectivity index (χ4n) is 1.04. The van der Waals surface area contributed by atoms with Crippen LogP contribution in [0, 0.1) is 0 Å². The van der Waals surface area contributed by atoms with Crippen molar-refractivity contribution in [2.75, 3.05) is 0 Å². The monoisotopic (exact) mass is 138 g/mol. The molecule has 1 rings (SSSR count). The van der Waals surface area contributed by atoms with Crippen molar-refractivity contribution in [3.05, 3.63) is 23.4 Å². The summed E-state index contributed by atoms with van der Waals surface area (Å²) in [7, 11) is 0. The van der Waals surface area contributed by atoms with Gasteiger partial charge in [0.15, 0.2) is 0 Å². The van der Waals surface area contributed by atoms with Crippen LogP contribution in [0.25, 0.3) is 0 Å². The standard InChI is InChI=1S/C8H14N2/c1-6-3-4-7(9)5-8(6,2)10/h3-4H,5,9-10H2,1-2H3. The van der Waals surface area contributed by atoms with Crippen LogP contribution in [0.15, 0.2) is 23.4 Å². The average Bonchev–Trinajstić information content (AvgIpc) is 1.78. The quantitative estimate of drug-likeness (QED) is 0.522. The Bertz CT molecular complexity index is 199. The van der Waals surface area contributed by atoms with E-state index < -0.39 is 0 Å². The summed E-state index contributed by atoms with van der Waals surface area (Å²) >= 11 is 0. The van der Waals surface area contributed by atoms with Crippen LogP contribution in [0.4, 0.5) is 0 Å². The molecule has 2 heteroatoms. The minimum atomic E-state index is -0.223.